The first-order valence-electron chi connectivity index (χ1n) is 9.90. The van der Waals surface area contributed by atoms with E-state index in [4.69, 9.17) is 14.6 Å². The lowest BCUT2D eigenvalue weighted by Gasteiger charge is -2.36. The van der Waals surface area contributed by atoms with Gasteiger partial charge >= 0.3 is 0 Å². The maximum atomic E-state index is 13.7. The molecule has 32 heavy (non-hydrogen) atoms. The maximum Gasteiger partial charge on any atom is 0.290 e. The Kier molecular flexibility index (Phi) is 10.1. The summed E-state index contributed by atoms with van der Waals surface area (Å²) < 4.78 is 32.4. The quantitative estimate of drug-likeness (QED) is 0.612. The van der Waals surface area contributed by atoms with Crippen molar-refractivity contribution < 1.29 is 33.0 Å². The van der Waals surface area contributed by atoms with Crippen molar-refractivity contribution in [2.75, 3.05) is 26.3 Å². The Morgan fingerprint density at radius 1 is 1.31 bits per heavy atom. The molecular formula is C21H24F2N4O5. The van der Waals surface area contributed by atoms with Crippen LogP contribution in [0, 0.1) is 11.6 Å². The fourth-order valence-electron chi connectivity index (χ4n) is 3.19. The monoisotopic (exact) mass is 450 g/mol. The number of ether oxygens (including phenoxy) is 1. The van der Waals surface area contributed by atoms with E-state index in [1.807, 2.05) is 0 Å². The van der Waals surface area contributed by atoms with Gasteiger partial charge in [0, 0.05) is 38.1 Å². The van der Waals surface area contributed by atoms with Gasteiger partial charge in [-0.25, -0.2) is 8.78 Å². The van der Waals surface area contributed by atoms with Crippen molar-refractivity contribution in [2.24, 2.45) is 0 Å². The van der Waals surface area contributed by atoms with E-state index in [0.717, 1.165) is 11.8 Å². The van der Waals surface area contributed by atoms with Gasteiger partial charge in [0.05, 0.1) is 30.5 Å². The first kappa shape index (κ1) is 24.8. The number of hydrogen-bond acceptors (Lipinski definition) is 6. The molecule has 1 saturated heterocycles. The van der Waals surface area contributed by atoms with E-state index in [0.29, 0.717) is 39.0 Å². The minimum Gasteiger partial charge on any atom is -0.483 e. The smallest absolute Gasteiger partial charge is 0.290 e. The number of rotatable bonds is 7. The zero-order chi connectivity index (χ0) is 23.3. The zero-order valence-corrected chi connectivity index (χ0v) is 17.2. The number of carboxylic acid groups (broad SMARTS) is 1. The molecule has 1 atom stereocenters. The molecule has 2 amide bonds. The van der Waals surface area contributed by atoms with Gasteiger partial charge in [0.1, 0.15) is 0 Å². The van der Waals surface area contributed by atoms with E-state index in [1.165, 1.54) is 12.1 Å². The highest BCUT2D eigenvalue weighted by atomic mass is 19.2. The van der Waals surface area contributed by atoms with E-state index < -0.39 is 17.5 Å². The Bertz CT molecular complexity index is 901. The van der Waals surface area contributed by atoms with Crippen molar-refractivity contribution in [3.63, 3.8) is 0 Å². The molecule has 2 aromatic rings. The number of nitrogens with zero attached hydrogens (tertiary/aromatic N) is 3. The van der Waals surface area contributed by atoms with Crippen molar-refractivity contribution in [1.82, 2.24) is 20.2 Å². The molecule has 172 valence electrons. The number of morpholine rings is 1. The zero-order valence-electron chi connectivity index (χ0n) is 17.2. The molecule has 11 heteroatoms. The number of aromatic nitrogens is 2. The number of hydrogen-bond donors (Lipinski definition) is 2. The van der Waals surface area contributed by atoms with Crippen molar-refractivity contribution in [3.8, 4) is 0 Å². The van der Waals surface area contributed by atoms with Crippen LogP contribution in [0.2, 0.25) is 0 Å². The third-order valence-electron chi connectivity index (χ3n) is 4.72. The highest BCUT2D eigenvalue weighted by molar-refractivity contribution is 5.94. The topological polar surface area (TPSA) is 122 Å². The standard InChI is InChI=1S/C20H22F2N4O3.CH2O2/c21-17-3-1-2-16(19(17)22)20(28)25-7-6-15-13-29-11-10-26(15)18(27)5-4-14-12-23-8-9-24-14;2-1-3/h1-3,8-9,12,15H,4-7,10-11,13H2,(H,25,28);1H,(H,2,3). The van der Waals surface area contributed by atoms with Crippen LogP contribution in [0.3, 0.4) is 0 Å². The minimum absolute atomic E-state index is 0.0218. The highest BCUT2D eigenvalue weighted by Crippen LogP contribution is 2.14. The molecule has 1 unspecified atom stereocenters. The van der Waals surface area contributed by atoms with Crippen LogP contribution < -0.4 is 5.32 Å². The highest BCUT2D eigenvalue weighted by Gasteiger charge is 2.27. The third kappa shape index (κ3) is 7.34. The Labute approximate surface area is 183 Å². The molecule has 2 heterocycles. The summed E-state index contributed by atoms with van der Waals surface area (Å²) in [6.07, 6.45) is 6.03. The Balaban J connectivity index is 0.00000114. The van der Waals surface area contributed by atoms with Gasteiger partial charge in [-0.15, -0.1) is 0 Å². The van der Waals surface area contributed by atoms with Crippen LogP contribution in [0.25, 0.3) is 0 Å². The molecule has 0 aliphatic carbocycles. The predicted molar refractivity (Wildman–Crippen MR) is 109 cm³/mol. The molecule has 1 aromatic carbocycles. The van der Waals surface area contributed by atoms with Crippen LogP contribution >= 0.6 is 0 Å². The van der Waals surface area contributed by atoms with Crippen LogP contribution in [0.15, 0.2) is 36.8 Å². The maximum absolute atomic E-state index is 13.7. The van der Waals surface area contributed by atoms with Gasteiger partial charge in [-0.3, -0.25) is 24.4 Å². The molecule has 0 spiro atoms. The van der Waals surface area contributed by atoms with Gasteiger partial charge < -0.3 is 20.1 Å². The molecule has 9 nitrogen and oxygen atoms in total. The summed E-state index contributed by atoms with van der Waals surface area (Å²) in [5.74, 6) is -2.96. The van der Waals surface area contributed by atoms with Gasteiger partial charge in [0.25, 0.3) is 12.4 Å². The molecule has 0 radical (unpaired) electrons. The average molecular weight is 450 g/mol. The average Bonchev–Trinajstić information content (AvgIpc) is 2.80. The van der Waals surface area contributed by atoms with E-state index in [-0.39, 0.29) is 30.5 Å². The SMILES string of the molecule is O=C(NCCC1COCCN1C(=O)CCc1cnccn1)c1cccc(F)c1F.O=CO. The van der Waals surface area contributed by atoms with Gasteiger partial charge in [-0.2, -0.15) is 0 Å². The van der Waals surface area contributed by atoms with Crippen LogP contribution in [0.5, 0.6) is 0 Å². The Hall–Kier alpha value is -3.47. The molecule has 2 N–H and O–H groups in total. The second-order valence-corrected chi connectivity index (χ2v) is 6.76. The predicted octanol–water partition coefficient (Wildman–Crippen LogP) is 1.44. The van der Waals surface area contributed by atoms with E-state index in [9.17, 15) is 18.4 Å². The summed E-state index contributed by atoms with van der Waals surface area (Å²) in [6, 6.07) is 3.26. The van der Waals surface area contributed by atoms with Crippen LogP contribution in [-0.4, -0.2) is 70.6 Å². The van der Waals surface area contributed by atoms with Crippen LogP contribution in [0.4, 0.5) is 8.78 Å². The lowest BCUT2D eigenvalue weighted by molar-refractivity contribution is -0.140. The summed E-state index contributed by atoms with van der Waals surface area (Å²) in [5, 5.41) is 9.46. The van der Waals surface area contributed by atoms with E-state index in [1.54, 1.807) is 23.5 Å². The Morgan fingerprint density at radius 2 is 2.09 bits per heavy atom. The van der Waals surface area contributed by atoms with Crippen LogP contribution in [-0.2, 0) is 20.7 Å². The second-order valence-electron chi connectivity index (χ2n) is 6.76. The van der Waals surface area contributed by atoms with Gasteiger partial charge in [-0.05, 0) is 25.0 Å². The molecule has 1 aliphatic heterocycles. The molecule has 0 bridgehead atoms. The number of amides is 2. The summed E-state index contributed by atoms with van der Waals surface area (Å²) in [4.78, 5) is 43.0. The largest absolute Gasteiger partial charge is 0.483 e. The lowest BCUT2D eigenvalue weighted by atomic mass is 10.1. The molecule has 1 aromatic heterocycles. The first-order chi connectivity index (χ1) is 15.5. The van der Waals surface area contributed by atoms with Crippen LogP contribution in [0.1, 0.15) is 28.9 Å². The number of carbonyl (C=O) groups excluding carboxylic acids is 2. The lowest BCUT2D eigenvalue weighted by Crippen LogP contribution is -2.50. The minimum atomic E-state index is -1.17. The van der Waals surface area contributed by atoms with Crippen molar-refractivity contribution in [1.29, 1.82) is 0 Å². The molecular weight excluding hydrogens is 426 g/mol. The van der Waals surface area contributed by atoms with Gasteiger partial charge in [0.2, 0.25) is 5.91 Å². The number of benzene rings is 1. The van der Waals surface area contributed by atoms with Gasteiger partial charge in [-0.1, -0.05) is 6.07 Å². The summed E-state index contributed by atoms with van der Waals surface area (Å²) >= 11 is 0. The number of carbonyl (C=O) groups is 3. The third-order valence-corrected chi connectivity index (χ3v) is 4.72. The fraction of sp³-hybridized carbons (Fsp3) is 0.381. The molecule has 1 fully saturated rings. The van der Waals surface area contributed by atoms with Crippen molar-refractivity contribution in [3.05, 3.63) is 59.7 Å². The Morgan fingerprint density at radius 3 is 2.81 bits per heavy atom. The molecule has 0 saturated carbocycles. The number of aryl methyl sites for hydroxylation is 1. The number of halogens is 2. The van der Waals surface area contributed by atoms with E-state index >= 15 is 0 Å². The van der Waals surface area contributed by atoms with Crippen molar-refractivity contribution in [2.45, 2.75) is 25.3 Å². The summed E-state index contributed by atoms with van der Waals surface area (Å²) in [7, 11) is 0. The number of nitrogens with one attached hydrogen (secondary N) is 1. The summed E-state index contributed by atoms with van der Waals surface area (Å²) in [6.45, 7) is 1.24. The molecule has 1 aliphatic rings. The fourth-order valence-corrected chi connectivity index (χ4v) is 3.19. The first-order valence-corrected chi connectivity index (χ1v) is 9.90. The summed E-state index contributed by atoms with van der Waals surface area (Å²) in [5.41, 5.74) is 0.400. The van der Waals surface area contributed by atoms with E-state index in [2.05, 4.69) is 15.3 Å². The second kappa shape index (κ2) is 13.1. The normalized spacial score (nSPS) is 15.3. The molecule has 3 rings (SSSR count). The van der Waals surface area contributed by atoms with Gasteiger partial charge in [0.15, 0.2) is 11.6 Å². The van der Waals surface area contributed by atoms with Crippen molar-refractivity contribution >= 4 is 18.3 Å².